The van der Waals surface area contributed by atoms with E-state index in [4.69, 9.17) is 30.7 Å². The van der Waals surface area contributed by atoms with E-state index >= 15 is 0 Å². The van der Waals surface area contributed by atoms with Crippen molar-refractivity contribution in [3.63, 3.8) is 0 Å². The third-order valence-corrected chi connectivity index (χ3v) is 6.42. The van der Waals surface area contributed by atoms with Crippen LogP contribution in [-0.2, 0) is 32.7 Å². The molecule has 2 aromatic rings. The Kier molecular flexibility index (Phi) is 9.04. The number of esters is 1. The maximum Gasteiger partial charge on any atom is 1.00 e. The van der Waals surface area contributed by atoms with Gasteiger partial charge in [0.1, 0.15) is 24.1 Å². The van der Waals surface area contributed by atoms with E-state index in [-0.39, 0.29) is 64.7 Å². The Labute approximate surface area is 221 Å². The number of aromatic nitrogens is 4. The van der Waals surface area contributed by atoms with Crippen molar-refractivity contribution in [3.05, 3.63) is 11.1 Å². The number of carbonyl (C=O) groups excluding carboxylic acids is 2. The molecule has 0 saturated carbocycles. The summed E-state index contributed by atoms with van der Waals surface area (Å²) in [6, 6.07) is 0. The molecular weight excluding hydrogens is 500 g/mol. The summed E-state index contributed by atoms with van der Waals surface area (Å²) in [7, 11) is -4.58. The molecule has 0 radical (unpaired) electrons. The van der Waals surface area contributed by atoms with Crippen LogP contribution in [0.5, 0.6) is 0 Å². The number of imidazole rings is 1. The second-order valence-electron chi connectivity index (χ2n) is 7.60. The number of phosphoric ester groups is 1. The van der Waals surface area contributed by atoms with E-state index in [1.165, 1.54) is 10.9 Å². The molecule has 1 unspecified atom stereocenters. The second kappa shape index (κ2) is 11.2. The predicted octanol–water partition coefficient (Wildman–Crippen LogP) is -1.28. The fourth-order valence-corrected chi connectivity index (χ4v) is 4.99. The van der Waals surface area contributed by atoms with Gasteiger partial charge in [-0.1, -0.05) is 13.8 Å². The number of nitrogens with one attached hydrogen (secondary N) is 2. The molecule has 13 nitrogen and oxygen atoms in total. The number of ether oxygens (including phenoxy) is 2. The third-order valence-electron chi connectivity index (χ3n) is 5.15. The summed E-state index contributed by atoms with van der Waals surface area (Å²) in [5.41, 5.74) is 0.615. The Bertz CT molecular complexity index is 1170. The molecular formula is C18H23N5NaO8PS. The van der Waals surface area contributed by atoms with Crippen LogP contribution in [0.25, 0.3) is 11.2 Å². The average molecular weight is 523 g/mol. The van der Waals surface area contributed by atoms with E-state index in [1.807, 2.05) is 13.8 Å². The van der Waals surface area contributed by atoms with Crippen LogP contribution < -0.4 is 39.8 Å². The van der Waals surface area contributed by atoms with Gasteiger partial charge in [-0.05, 0) is 25.1 Å². The number of H-pyrrole nitrogens is 1. The van der Waals surface area contributed by atoms with E-state index in [9.17, 15) is 19.0 Å². The number of nitrogens with zero attached hydrogens (tertiary/aromatic N) is 3. The third kappa shape index (κ3) is 5.61. The number of hydrogen-bond donors (Lipinski definition) is 2. The normalized spacial score (nSPS) is 28.2. The second-order valence-corrected chi connectivity index (χ2v) is 9.35. The minimum absolute atomic E-state index is 0. The summed E-state index contributed by atoms with van der Waals surface area (Å²) in [5, 5.41) is 2.71. The maximum absolute atomic E-state index is 12.3. The van der Waals surface area contributed by atoms with Gasteiger partial charge in [0.2, 0.25) is 5.91 Å². The van der Waals surface area contributed by atoms with E-state index in [0.29, 0.717) is 24.8 Å². The van der Waals surface area contributed by atoms with Crippen molar-refractivity contribution in [1.82, 2.24) is 19.5 Å². The standard InChI is InChI=1S/C18H24N5O8PS.Na/c1-3-5-10(24)21-15-12-16(20-8-19-15)23(18(33)22-12)17-14(30-11(25)6-4-2)13-9(29-17)7-28-32(26,27)31-13;/h8-9,13-14,17H,3-7H2,1-2H3,(H,22,33)(H,26,27)(H,19,20,21,24);/q;+1/p-1/t9-,13-,14-,17-;/m1./s1. The molecule has 16 heteroatoms. The Morgan fingerprint density at radius 1 is 1.35 bits per heavy atom. The van der Waals surface area contributed by atoms with Gasteiger partial charge in [0.25, 0.3) is 7.82 Å². The van der Waals surface area contributed by atoms with Crippen LogP contribution in [0.1, 0.15) is 45.8 Å². The molecule has 2 aromatic heterocycles. The number of anilines is 1. The minimum atomic E-state index is -4.58. The Balaban J connectivity index is 0.00000324. The van der Waals surface area contributed by atoms with Gasteiger partial charge >= 0.3 is 35.5 Å². The molecule has 0 bridgehead atoms. The van der Waals surface area contributed by atoms with Crippen LogP contribution in [0, 0.1) is 4.77 Å². The van der Waals surface area contributed by atoms with Crippen molar-refractivity contribution in [2.45, 2.75) is 64.1 Å². The van der Waals surface area contributed by atoms with Crippen molar-refractivity contribution in [1.29, 1.82) is 0 Å². The first-order valence-electron chi connectivity index (χ1n) is 10.5. The Morgan fingerprint density at radius 3 is 2.79 bits per heavy atom. The average Bonchev–Trinajstić information content (AvgIpc) is 3.25. The van der Waals surface area contributed by atoms with E-state index in [1.54, 1.807) is 0 Å². The number of phosphoric acid groups is 1. The number of amides is 1. The summed E-state index contributed by atoms with van der Waals surface area (Å²) in [4.78, 5) is 47.6. The summed E-state index contributed by atoms with van der Waals surface area (Å²) in [5.74, 6) is -0.543. The number of fused-ring (bicyclic) bond motifs is 2. The molecule has 0 aliphatic carbocycles. The Hall–Kier alpha value is -1.22. The van der Waals surface area contributed by atoms with Crippen LogP contribution in [0.15, 0.2) is 6.33 Å². The monoisotopic (exact) mass is 523 g/mol. The molecule has 0 spiro atoms. The van der Waals surface area contributed by atoms with Gasteiger partial charge < -0.3 is 33.7 Å². The van der Waals surface area contributed by atoms with Gasteiger partial charge in [0, 0.05) is 12.8 Å². The van der Waals surface area contributed by atoms with Crippen molar-refractivity contribution in [3.8, 4) is 0 Å². The molecule has 1 amide bonds. The maximum atomic E-state index is 12.3. The van der Waals surface area contributed by atoms with E-state index in [0.717, 1.165) is 0 Å². The molecule has 180 valence electrons. The van der Waals surface area contributed by atoms with Gasteiger partial charge in [0.15, 0.2) is 28.6 Å². The van der Waals surface area contributed by atoms with Gasteiger partial charge in [-0.2, -0.15) is 0 Å². The zero-order valence-electron chi connectivity index (χ0n) is 18.9. The van der Waals surface area contributed by atoms with Crippen LogP contribution in [0.2, 0.25) is 0 Å². The number of aromatic amines is 1. The minimum Gasteiger partial charge on any atom is -0.756 e. The van der Waals surface area contributed by atoms with Crippen LogP contribution in [0.3, 0.4) is 0 Å². The predicted molar refractivity (Wildman–Crippen MR) is 113 cm³/mol. The largest absolute Gasteiger partial charge is 1.00 e. The molecule has 4 heterocycles. The number of carbonyl (C=O) groups is 2. The molecule has 2 N–H and O–H groups in total. The van der Waals surface area contributed by atoms with Gasteiger partial charge in [-0.3, -0.25) is 18.7 Å². The summed E-state index contributed by atoms with van der Waals surface area (Å²) in [6.45, 7) is 3.39. The summed E-state index contributed by atoms with van der Waals surface area (Å²) in [6.07, 6.45) is -1.27. The number of rotatable bonds is 7. The molecule has 0 aromatic carbocycles. The first-order valence-corrected chi connectivity index (χ1v) is 12.3. The first kappa shape index (κ1) is 27.4. The summed E-state index contributed by atoms with van der Waals surface area (Å²) >= 11 is 5.46. The topological polar surface area (TPSA) is 170 Å². The van der Waals surface area contributed by atoms with Gasteiger partial charge in [-0.25, -0.2) is 9.97 Å². The van der Waals surface area contributed by atoms with E-state index < -0.39 is 38.3 Å². The molecule has 5 atom stereocenters. The quantitative estimate of drug-likeness (QED) is 0.192. The molecule has 2 aliphatic rings. The SMILES string of the molecule is CCCC(=O)Nc1ncnc2c1[nH]c(=S)n2[C@@H]1O[C@@H]2COP(=O)([O-])O[C@H]2[C@H]1OC(=O)CCC.[Na+]. The molecule has 34 heavy (non-hydrogen) atoms. The smallest absolute Gasteiger partial charge is 0.756 e. The summed E-state index contributed by atoms with van der Waals surface area (Å²) < 4.78 is 34.9. The fourth-order valence-electron chi connectivity index (χ4n) is 3.75. The van der Waals surface area contributed by atoms with Crippen molar-refractivity contribution in [2.24, 2.45) is 0 Å². The van der Waals surface area contributed by atoms with Crippen LogP contribution in [-0.4, -0.2) is 56.3 Å². The molecule has 4 rings (SSSR count). The van der Waals surface area contributed by atoms with Crippen LogP contribution in [0.4, 0.5) is 5.82 Å². The van der Waals surface area contributed by atoms with Gasteiger partial charge in [0.05, 0.1) is 6.61 Å². The Morgan fingerprint density at radius 2 is 2.09 bits per heavy atom. The molecule has 2 saturated heterocycles. The first-order chi connectivity index (χ1) is 15.7. The number of hydrogen-bond acceptors (Lipinski definition) is 11. The fraction of sp³-hybridized carbons (Fsp3) is 0.611. The van der Waals surface area contributed by atoms with Gasteiger partial charge in [-0.15, -0.1) is 0 Å². The van der Waals surface area contributed by atoms with Crippen LogP contribution >= 0.6 is 20.0 Å². The zero-order valence-corrected chi connectivity index (χ0v) is 22.6. The van der Waals surface area contributed by atoms with Crippen molar-refractivity contribution in [2.75, 3.05) is 11.9 Å². The van der Waals surface area contributed by atoms with Crippen molar-refractivity contribution >= 4 is 48.9 Å². The molecule has 2 aliphatic heterocycles. The zero-order chi connectivity index (χ0) is 23.8. The molecule has 2 fully saturated rings. The van der Waals surface area contributed by atoms with Crippen molar-refractivity contribution < 1.29 is 67.1 Å². The van der Waals surface area contributed by atoms with E-state index in [2.05, 4.69) is 20.3 Å².